The van der Waals surface area contributed by atoms with E-state index in [1.54, 1.807) is 24.3 Å². The second-order valence-corrected chi connectivity index (χ2v) is 3.48. The monoisotopic (exact) mass is 236 g/mol. The summed E-state index contributed by atoms with van der Waals surface area (Å²) in [6, 6.07) is 6.89. The van der Waals surface area contributed by atoms with E-state index in [9.17, 15) is 9.59 Å². The van der Waals surface area contributed by atoms with Gasteiger partial charge in [0, 0.05) is 12.0 Å². The number of carbonyl (C=O) groups excluding carboxylic acids is 2. The van der Waals surface area contributed by atoms with Crippen molar-refractivity contribution in [2.75, 3.05) is 13.7 Å². The summed E-state index contributed by atoms with van der Waals surface area (Å²) in [4.78, 5) is 22.2. The fourth-order valence-corrected chi connectivity index (χ4v) is 1.30. The van der Waals surface area contributed by atoms with Crippen LogP contribution in [0.4, 0.5) is 0 Å². The quantitative estimate of drug-likeness (QED) is 0.561. The summed E-state index contributed by atoms with van der Waals surface area (Å²) in [5.41, 5.74) is 0.674. The Morgan fingerprint density at radius 1 is 1.18 bits per heavy atom. The van der Waals surface area contributed by atoms with Crippen LogP contribution in [0.25, 0.3) is 0 Å². The zero-order valence-electron chi connectivity index (χ0n) is 10.1. The topological polar surface area (TPSA) is 52.6 Å². The molecule has 92 valence electrons. The van der Waals surface area contributed by atoms with Crippen molar-refractivity contribution in [3.63, 3.8) is 0 Å². The molecule has 4 heteroatoms. The number of ether oxygens (including phenoxy) is 2. The van der Waals surface area contributed by atoms with Crippen LogP contribution in [-0.2, 0) is 9.53 Å². The van der Waals surface area contributed by atoms with E-state index in [2.05, 4.69) is 4.74 Å². The van der Waals surface area contributed by atoms with Crippen molar-refractivity contribution >= 4 is 11.8 Å². The molecule has 0 aliphatic carbocycles. The molecule has 0 saturated carbocycles. The maximum atomic E-state index is 11.4. The summed E-state index contributed by atoms with van der Waals surface area (Å²) in [5, 5.41) is 0. The third kappa shape index (κ3) is 4.26. The van der Waals surface area contributed by atoms with Gasteiger partial charge in [-0.2, -0.15) is 0 Å². The fraction of sp³-hybridized carbons (Fsp3) is 0.385. The van der Waals surface area contributed by atoms with Crippen LogP contribution in [0, 0.1) is 0 Å². The van der Waals surface area contributed by atoms with E-state index in [-0.39, 0.29) is 24.8 Å². The first-order chi connectivity index (χ1) is 8.17. The van der Waals surface area contributed by atoms with E-state index in [4.69, 9.17) is 4.74 Å². The molecule has 0 aliphatic rings. The summed E-state index contributed by atoms with van der Waals surface area (Å²) in [6.45, 7) is 2.09. The first-order valence-electron chi connectivity index (χ1n) is 5.50. The van der Waals surface area contributed by atoms with Crippen LogP contribution in [0.3, 0.4) is 0 Å². The second kappa shape index (κ2) is 6.68. The van der Waals surface area contributed by atoms with Gasteiger partial charge in [-0.15, -0.1) is 0 Å². The molecule has 0 unspecified atom stereocenters. The number of ketones is 1. The van der Waals surface area contributed by atoms with Crippen molar-refractivity contribution in [1.82, 2.24) is 0 Å². The van der Waals surface area contributed by atoms with E-state index >= 15 is 0 Å². The van der Waals surface area contributed by atoms with Crippen LogP contribution in [0.1, 0.15) is 30.1 Å². The van der Waals surface area contributed by atoms with Crippen molar-refractivity contribution in [2.45, 2.75) is 19.8 Å². The van der Waals surface area contributed by atoms with Gasteiger partial charge in [-0.1, -0.05) is 6.92 Å². The maximum Gasteiger partial charge on any atom is 0.308 e. The van der Waals surface area contributed by atoms with Crippen molar-refractivity contribution < 1.29 is 19.1 Å². The Balaban J connectivity index is 2.46. The molecular weight excluding hydrogens is 220 g/mol. The van der Waals surface area contributed by atoms with Crippen LogP contribution in [0.15, 0.2) is 24.3 Å². The fourth-order valence-electron chi connectivity index (χ4n) is 1.30. The predicted molar refractivity (Wildman–Crippen MR) is 63.2 cm³/mol. The molecule has 1 aromatic carbocycles. The molecule has 0 aliphatic heterocycles. The minimum Gasteiger partial charge on any atom is -0.493 e. The van der Waals surface area contributed by atoms with Crippen molar-refractivity contribution in [3.05, 3.63) is 29.8 Å². The van der Waals surface area contributed by atoms with Gasteiger partial charge in [0.25, 0.3) is 0 Å². The number of hydrogen-bond donors (Lipinski definition) is 0. The summed E-state index contributed by atoms with van der Waals surface area (Å²) in [7, 11) is 1.34. The molecule has 4 nitrogen and oxygen atoms in total. The molecule has 0 radical (unpaired) electrons. The van der Waals surface area contributed by atoms with Crippen LogP contribution in [0.2, 0.25) is 0 Å². The average molecular weight is 236 g/mol. The lowest BCUT2D eigenvalue weighted by atomic mass is 10.1. The first-order valence-corrected chi connectivity index (χ1v) is 5.50. The minimum absolute atomic E-state index is 0.103. The highest BCUT2D eigenvalue weighted by Crippen LogP contribution is 2.13. The van der Waals surface area contributed by atoms with Gasteiger partial charge in [0.15, 0.2) is 5.78 Å². The molecule has 0 aromatic heterocycles. The summed E-state index contributed by atoms with van der Waals surface area (Å²) in [6.07, 6.45) is 0.703. The molecule has 0 N–H and O–H groups in total. The molecule has 1 rings (SSSR count). The SMILES string of the molecule is CCC(=O)c1ccc(OCCC(=O)OC)cc1. The summed E-state index contributed by atoms with van der Waals surface area (Å²) in [5.74, 6) is 0.440. The van der Waals surface area contributed by atoms with E-state index in [1.165, 1.54) is 7.11 Å². The molecule has 0 bridgehead atoms. The van der Waals surface area contributed by atoms with E-state index in [0.717, 1.165) is 0 Å². The Morgan fingerprint density at radius 2 is 1.82 bits per heavy atom. The minimum atomic E-state index is -0.303. The number of hydrogen-bond acceptors (Lipinski definition) is 4. The highest BCUT2D eigenvalue weighted by atomic mass is 16.5. The standard InChI is InChI=1S/C13H16O4/c1-3-12(14)10-4-6-11(7-5-10)17-9-8-13(15)16-2/h4-7H,3,8-9H2,1-2H3. The zero-order valence-corrected chi connectivity index (χ0v) is 10.1. The lowest BCUT2D eigenvalue weighted by molar-refractivity contribution is -0.141. The van der Waals surface area contributed by atoms with Crippen LogP contribution >= 0.6 is 0 Å². The Morgan fingerprint density at radius 3 is 2.35 bits per heavy atom. The van der Waals surface area contributed by atoms with Gasteiger partial charge >= 0.3 is 5.97 Å². The smallest absolute Gasteiger partial charge is 0.308 e. The molecule has 0 spiro atoms. The van der Waals surface area contributed by atoms with E-state index < -0.39 is 0 Å². The van der Waals surface area contributed by atoms with Crippen molar-refractivity contribution in [1.29, 1.82) is 0 Å². The lowest BCUT2D eigenvalue weighted by Crippen LogP contribution is -2.07. The average Bonchev–Trinajstić information content (AvgIpc) is 2.38. The maximum absolute atomic E-state index is 11.4. The van der Waals surface area contributed by atoms with Gasteiger partial charge in [-0.3, -0.25) is 9.59 Å². The first kappa shape index (κ1) is 13.2. The molecule has 17 heavy (non-hydrogen) atoms. The largest absolute Gasteiger partial charge is 0.493 e. The number of methoxy groups -OCH3 is 1. The number of carbonyl (C=O) groups is 2. The van der Waals surface area contributed by atoms with E-state index in [0.29, 0.717) is 17.7 Å². The Bertz CT molecular complexity index is 381. The van der Waals surface area contributed by atoms with Crippen molar-refractivity contribution in [3.8, 4) is 5.75 Å². The lowest BCUT2D eigenvalue weighted by Gasteiger charge is -2.05. The molecular formula is C13H16O4. The number of benzene rings is 1. The molecule has 0 heterocycles. The number of rotatable bonds is 6. The normalized spacial score (nSPS) is 9.76. The summed E-state index contributed by atoms with van der Waals surface area (Å²) >= 11 is 0. The highest BCUT2D eigenvalue weighted by molar-refractivity contribution is 5.95. The number of Topliss-reactive ketones (excluding diaryl/α,β-unsaturated/α-hetero) is 1. The van der Waals surface area contributed by atoms with Crippen LogP contribution < -0.4 is 4.74 Å². The van der Waals surface area contributed by atoms with Gasteiger partial charge in [0.2, 0.25) is 0 Å². The van der Waals surface area contributed by atoms with Crippen LogP contribution in [0.5, 0.6) is 5.75 Å². The van der Waals surface area contributed by atoms with Crippen molar-refractivity contribution in [2.24, 2.45) is 0 Å². The third-order valence-corrected chi connectivity index (χ3v) is 2.30. The molecule has 0 fully saturated rings. The third-order valence-electron chi connectivity index (χ3n) is 2.30. The Labute approximate surface area is 101 Å². The molecule has 0 amide bonds. The van der Waals surface area contributed by atoms with Gasteiger partial charge in [0.05, 0.1) is 20.1 Å². The van der Waals surface area contributed by atoms with Gasteiger partial charge < -0.3 is 9.47 Å². The summed E-state index contributed by atoms with van der Waals surface area (Å²) < 4.78 is 9.82. The Hall–Kier alpha value is -1.84. The molecule has 0 saturated heterocycles. The predicted octanol–water partition coefficient (Wildman–Crippen LogP) is 2.22. The Kier molecular flexibility index (Phi) is 5.20. The van der Waals surface area contributed by atoms with Gasteiger partial charge in [-0.05, 0) is 24.3 Å². The second-order valence-electron chi connectivity index (χ2n) is 3.48. The van der Waals surface area contributed by atoms with Gasteiger partial charge in [0.1, 0.15) is 5.75 Å². The molecule has 0 atom stereocenters. The zero-order chi connectivity index (χ0) is 12.7. The van der Waals surface area contributed by atoms with E-state index in [1.807, 2.05) is 6.92 Å². The highest BCUT2D eigenvalue weighted by Gasteiger charge is 2.04. The molecule has 1 aromatic rings. The van der Waals surface area contributed by atoms with Crippen LogP contribution in [-0.4, -0.2) is 25.5 Å². The number of esters is 1. The van der Waals surface area contributed by atoms with Gasteiger partial charge in [-0.25, -0.2) is 0 Å².